The van der Waals surface area contributed by atoms with Crippen LogP contribution in [-0.4, -0.2) is 47.9 Å². The molecule has 4 aromatic rings. The van der Waals surface area contributed by atoms with E-state index < -0.39 is 6.09 Å². The molecule has 0 bridgehead atoms. The second-order valence-corrected chi connectivity index (χ2v) is 8.13. The minimum absolute atomic E-state index is 0.277. The molecule has 0 aliphatic rings. The minimum Gasteiger partial charge on any atom is -0.457 e. The molecule has 0 radical (unpaired) electrons. The van der Waals surface area contributed by atoms with E-state index in [2.05, 4.69) is 21.8 Å². The van der Waals surface area contributed by atoms with Crippen molar-refractivity contribution >= 4 is 28.7 Å². The van der Waals surface area contributed by atoms with Gasteiger partial charge < -0.3 is 19.7 Å². The SMILES string of the molecule is Cc1c(NC(=O)OCCN(C)C)cn2ncc(C#N)c(Nc3ccc(Oc4ccccc4)cc3)c12. The molecule has 0 saturated heterocycles. The number of hydrogen-bond acceptors (Lipinski definition) is 7. The van der Waals surface area contributed by atoms with Gasteiger partial charge in [0.1, 0.15) is 24.2 Å². The van der Waals surface area contributed by atoms with E-state index in [9.17, 15) is 10.1 Å². The standard InChI is InChI=1S/C26H26N6O3/c1-18-23(30-26(33)34-14-13-31(2)3)17-32-25(18)24(19(15-27)16-28-32)29-20-9-11-22(12-10-20)35-21-7-5-4-6-8-21/h4-12,16-17,29H,13-14H2,1-3H3,(H,30,33). The number of para-hydroxylation sites is 1. The number of rotatable bonds is 8. The zero-order chi connectivity index (χ0) is 24.8. The summed E-state index contributed by atoms with van der Waals surface area (Å²) in [5.74, 6) is 1.44. The Morgan fingerprint density at radius 1 is 1.11 bits per heavy atom. The number of ether oxygens (including phenoxy) is 2. The van der Waals surface area contributed by atoms with E-state index in [0.29, 0.717) is 34.7 Å². The molecular formula is C26H26N6O3. The number of nitrogens with one attached hydrogen (secondary N) is 2. The number of likely N-dealkylation sites (N-methyl/N-ethyl adjacent to an activating group) is 1. The summed E-state index contributed by atoms with van der Waals surface area (Å²) in [4.78, 5) is 14.2. The Morgan fingerprint density at radius 3 is 2.51 bits per heavy atom. The van der Waals surface area contributed by atoms with Crippen LogP contribution in [0.25, 0.3) is 5.52 Å². The first-order chi connectivity index (χ1) is 16.9. The van der Waals surface area contributed by atoms with Crippen LogP contribution < -0.4 is 15.4 Å². The molecule has 0 aliphatic carbocycles. The van der Waals surface area contributed by atoms with Gasteiger partial charge in [-0.05, 0) is 57.4 Å². The van der Waals surface area contributed by atoms with Crippen LogP contribution in [0, 0.1) is 18.3 Å². The molecule has 2 aromatic carbocycles. The zero-order valence-electron chi connectivity index (χ0n) is 19.8. The number of carbonyl (C=O) groups is 1. The summed E-state index contributed by atoms with van der Waals surface area (Å²) >= 11 is 0. The molecular weight excluding hydrogens is 444 g/mol. The highest BCUT2D eigenvalue weighted by molar-refractivity contribution is 5.92. The van der Waals surface area contributed by atoms with E-state index >= 15 is 0 Å². The summed E-state index contributed by atoms with van der Waals surface area (Å²) in [5, 5.41) is 20.1. The molecule has 1 amide bonds. The van der Waals surface area contributed by atoms with E-state index in [1.807, 2.05) is 80.5 Å². The fourth-order valence-electron chi connectivity index (χ4n) is 3.47. The number of hydrogen-bond donors (Lipinski definition) is 2. The lowest BCUT2D eigenvalue weighted by Gasteiger charge is -2.12. The Bertz CT molecular complexity index is 1360. The smallest absolute Gasteiger partial charge is 0.411 e. The molecule has 178 valence electrons. The number of aryl methyl sites for hydroxylation is 1. The molecule has 9 nitrogen and oxygen atoms in total. The molecule has 0 atom stereocenters. The monoisotopic (exact) mass is 470 g/mol. The second kappa shape index (κ2) is 10.6. The third-order valence-electron chi connectivity index (χ3n) is 5.29. The number of nitriles is 1. The van der Waals surface area contributed by atoms with Gasteiger partial charge in [-0.25, -0.2) is 9.31 Å². The van der Waals surface area contributed by atoms with Gasteiger partial charge in [-0.1, -0.05) is 18.2 Å². The van der Waals surface area contributed by atoms with Gasteiger partial charge in [-0.3, -0.25) is 5.32 Å². The maximum atomic E-state index is 12.2. The van der Waals surface area contributed by atoms with Crippen molar-refractivity contribution in [3.05, 3.63) is 78.1 Å². The van der Waals surface area contributed by atoms with Crippen LogP contribution in [0.5, 0.6) is 11.5 Å². The van der Waals surface area contributed by atoms with E-state index in [4.69, 9.17) is 9.47 Å². The van der Waals surface area contributed by atoms with E-state index in [1.165, 1.54) is 6.20 Å². The predicted molar refractivity (Wildman–Crippen MR) is 134 cm³/mol. The molecule has 0 spiro atoms. The highest BCUT2D eigenvalue weighted by Crippen LogP contribution is 2.33. The van der Waals surface area contributed by atoms with E-state index in [-0.39, 0.29) is 6.61 Å². The topological polar surface area (TPSA) is 104 Å². The van der Waals surface area contributed by atoms with Crippen molar-refractivity contribution in [3.8, 4) is 17.6 Å². The summed E-state index contributed by atoms with van der Waals surface area (Å²) in [6, 6.07) is 19.2. The zero-order valence-corrected chi connectivity index (χ0v) is 19.8. The number of amides is 1. The van der Waals surface area contributed by atoms with Gasteiger partial charge in [0.05, 0.1) is 34.8 Å². The van der Waals surface area contributed by atoms with Crippen LogP contribution in [0.2, 0.25) is 0 Å². The first-order valence-electron chi connectivity index (χ1n) is 11.0. The Hall–Kier alpha value is -4.55. The third-order valence-corrected chi connectivity index (χ3v) is 5.29. The van der Waals surface area contributed by atoms with Gasteiger partial charge in [0.25, 0.3) is 0 Å². The molecule has 0 unspecified atom stereocenters. The Kier molecular flexibility index (Phi) is 7.14. The van der Waals surface area contributed by atoms with Gasteiger partial charge in [0, 0.05) is 17.8 Å². The van der Waals surface area contributed by atoms with Gasteiger partial charge in [-0.2, -0.15) is 10.4 Å². The largest absolute Gasteiger partial charge is 0.457 e. The maximum Gasteiger partial charge on any atom is 0.411 e. The van der Waals surface area contributed by atoms with Crippen molar-refractivity contribution in [2.24, 2.45) is 0 Å². The number of nitrogens with zero attached hydrogens (tertiary/aromatic N) is 4. The number of benzene rings is 2. The third kappa shape index (κ3) is 5.69. The summed E-state index contributed by atoms with van der Waals surface area (Å²) in [7, 11) is 3.81. The number of aromatic nitrogens is 2. The van der Waals surface area contributed by atoms with Crippen molar-refractivity contribution in [2.45, 2.75) is 6.92 Å². The maximum absolute atomic E-state index is 12.2. The molecule has 2 N–H and O–H groups in total. The van der Waals surface area contributed by atoms with Crippen molar-refractivity contribution in [1.29, 1.82) is 5.26 Å². The lowest BCUT2D eigenvalue weighted by Crippen LogP contribution is -2.22. The van der Waals surface area contributed by atoms with Gasteiger partial charge in [0.15, 0.2) is 0 Å². The molecule has 0 fully saturated rings. The van der Waals surface area contributed by atoms with Crippen molar-refractivity contribution in [1.82, 2.24) is 14.5 Å². The second-order valence-electron chi connectivity index (χ2n) is 8.13. The summed E-state index contributed by atoms with van der Waals surface area (Å²) < 4.78 is 12.7. The van der Waals surface area contributed by atoms with Gasteiger partial charge in [-0.15, -0.1) is 0 Å². The van der Waals surface area contributed by atoms with Crippen molar-refractivity contribution in [3.63, 3.8) is 0 Å². The molecule has 35 heavy (non-hydrogen) atoms. The predicted octanol–water partition coefficient (Wildman–Crippen LogP) is 5.16. The molecule has 0 saturated carbocycles. The lowest BCUT2D eigenvalue weighted by molar-refractivity contribution is 0.151. The Labute approximate surface area is 203 Å². The minimum atomic E-state index is -0.546. The first kappa shape index (κ1) is 23.6. The van der Waals surface area contributed by atoms with Crippen LogP contribution in [0.4, 0.5) is 21.9 Å². The fourth-order valence-corrected chi connectivity index (χ4v) is 3.47. The number of fused-ring (bicyclic) bond motifs is 1. The number of anilines is 3. The summed E-state index contributed by atoms with van der Waals surface area (Å²) in [5.41, 5.74) is 3.72. The number of carbonyl (C=O) groups excluding carboxylic acids is 1. The first-order valence-corrected chi connectivity index (χ1v) is 11.0. The van der Waals surface area contributed by atoms with E-state index in [0.717, 1.165) is 17.0 Å². The van der Waals surface area contributed by atoms with Gasteiger partial charge in [0.2, 0.25) is 0 Å². The Morgan fingerprint density at radius 2 is 1.83 bits per heavy atom. The molecule has 2 aromatic heterocycles. The van der Waals surface area contributed by atoms with Crippen LogP contribution in [0.15, 0.2) is 67.0 Å². The van der Waals surface area contributed by atoms with Crippen LogP contribution in [0.1, 0.15) is 11.1 Å². The van der Waals surface area contributed by atoms with Gasteiger partial charge >= 0.3 is 6.09 Å². The fraction of sp³-hybridized carbons (Fsp3) is 0.192. The summed E-state index contributed by atoms with van der Waals surface area (Å²) in [6.07, 6.45) is 2.64. The van der Waals surface area contributed by atoms with Crippen molar-refractivity contribution < 1.29 is 14.3 Å². The van der Waals surface area contributed by atoms with Crippen molar-refractivity contribution in [2.75, 3.05) is 37.9 Å². The lowest BCUT2D eigenvalue weighted by atomic mass is 10.1. The average Bonchev–Trinajstić information content (AvgIpc) is 3.16. The normalized spacial score (nSPS) is 10.7. The molecule has 0 aliphatic heterocycles. The molecule has 4 rings (SSSR count). The Balaban J connectivity index is 1.56. The highest BCUT2D eigenvalue weighted by Gasteiger charge is 2.17. The molecule has 9 heteroatoms. The van der Waals surface area contributed by atoms with Crippen LogP contribution in [-0.2, 0) is 4.74 Å². The molecule has 2 heterocycles. The average molecular weight is 471 g/mol. The van der Waals surface area contributed by atoms with Crippen LogP contribution >= 0.6 is 0 Å². The van der Waals surface area contributed by atoms with Crippen LogP contribution in [0.3, 0.4) is 0 Å². The highest BCUT2D eigenvalue weighted by atomic mass is 16.5. The quantitative estimate of drug-likeness (QED) is 0.366. The summed E-state index contributed by atoms with van der Waals surface area (Å²) in [6.45, 7) is 2.76. The van der Waals surface area contributed by atoms with E-state index in [1.54, 1.807) is 10.7 Å².